The molecule has 96 valence electrons. The Hall–Kier alpha value is -1.72. The van der Waals surface area contributed by atoms with Crippen molar-refractivity contribution in [1.29, 1.82) is 0 Å². The molecule has 0 fully saturated rings. The molecule has 0 saturated carbocycles. The molecule has 2 heterocycles. The average Bonchev–Trinajstić information content (AvgIpc) is 2.95. The Bertz CT molecular complexity index is 736. The summed E-state index contributed by atoms with van der Waals surface area (Å²) in [5, 5.41) is 4.41. The van der Waals surface area contributed by atoms with Gasteiger partial charge in [0, 0.05) is 5.02 Å². The standard InChI is InChI=1S/C13H8BrClN2O2/c14-10-5-4-9(18-10)12-11(13(16)17-19-12)7-2-1-3-8(15)6-7/h1-6H,(H2,16,17). The molecule has 0 aliphatic carbocycles. The summed E-state index contributed by atoms with van der Waals surface area (Å²) in [4.78, 5) is 0. The Morgan fingerprint density at radius 2 is 2.05 bits per heavy atom. The topological polar surface area (TPSA) is 65.2 Å². The number of nitrogens with zero attached hydrogens (tertiary/aromatic N) is 1. The van der Waals surface area contributed by atoms with Gasteiger partial charge in [0.15, 0.2) is 16.2 Å². The van der Waals surface area contributed by atoms with E-state index >= 15 is 0 Å². The molecule has 0 bridgehead atoms. The molecule has 3 rings (SSSR count). The van der Waals surface area contributed by atoms with Crippen molar-refractivity contribution >= 4 is 33.3 Å². The fourth-order valence-electron chi connectivity index (χ4n) is 1.83. The molecule has 19 heavy (non-hydrogen) atoms. The van der Waals surface area contributed by atoms with Gasteiger partial charge in [0.1, 0.15) is 0 Å². The van der Waals surface area contributed by atoms with Gasteiger partial charge in [0.25, 0.3) is 0 Å². The molecule has 4 nitrogen and oxygen atoms in total. The van der Waals surface area contributed by atoms with Crippen molar-refractivity contribution in [3.63, 3.8) is 0 Å². The first kappa shape index (κ1) is 12.3. The minimum absolute atomic E-state index is 0.296. The Labute approximate surface area is 122 Å². The summed E-state index contributed by atoms with van der Waals surface area (Å²) in [6.07, 6.45) is 0. The van der Waals surface area contributed by atoms with Crippen LogP contribution < -0.4 is 5.73 Å². The maximum Gasteiger partial charge on any atom is 0.212 e. The van der Waals surface area contributed by atoms with E-state index in [0.29, 0.717) is 32.6 Å². The summed E-state index contributed by atoms with van der Waals surface area (Å²) in [5.74, 6) is 1.32. The number of benzene rings is 1. The van der Waals surface area contributed by atoms with Gasteiger partial charge >= 0.3 is 0 Å². The second-order valence-corrected chi connectivity index (χ2v) is 5.10. The molecule has 3 aromatic rings. The van der Waals surface area contributed by atoms with Gasteiger partial charge in [0.05, 0.1) is 5.56 Å². The van der Waals surface area contributed by atoms with Crippen molar-refractivity contribution < 1.29 is 8.94 Å². The van der Waals surface area contributed by atoms with Crippen LogP contribution in [0.4, 0.5) is 5.82 Å². The molecule has 0 saturated heterocycles. The normalized spacial score (nSPS) is 10.8. The molecular weight excluding hydrogens is 332 g/mol. The third kappa shape index (κ3) is 2.27. The number of hydrogen-bond donors (Lipinski definition) is 1. The van der Waals surface area contributed by atoms with E-state index in [1.165, 1.54) is 0 Å². The molecule has 2 N–H and O–H groups in total. The van der Waals surface area contributed by atoms with Crippen LogP contribution in [0.5, 0.6) is 0 Å². The number of anilines is 1. The minimum Gasteiger partial charge on any atom is -0.446 e. The van der Waals surface area contributed by atoms with Gasteiger partial charge in [-0.25, -0.2) is 0 Å². The summed E-state index contributed by atoms with van der Waals surface area (Å²) in [5.41, 5.74) is 7.36. The largest absolute Gasteiger partial charge is 0.446 e. The van der Waals surface area contributed by atoms with Crippen molar-refractivity contribution in [2.24, 2.45) is 0 Å². The third-order valence-corrected chi connectivity index (χ3v) is 3.29. The summed E-state index contributed by atoms with van der Waals surface area (Å²) < 4.78 is 11.3. The zero-order valence-corrected chi connectivity index (χ0v) is 11.9. The quantitative estimate of drug-likeness (QED) is 0.741. The van der Waals surface area contributed by atoms with E-state index in [4.69, 9.17) is 26.3 Å². The third-order valence-electron chi connectivity index (χ3n) is 2.63. The highest BCUT2D eigenvalue weighted by atomic mass is 79.9. The van der Waals surface area contributed by atoms with E-state index in [2.05, 4.69) is 21.1 Å². The van der Waals surface area contributed by atoms with Crippen LogP contribution in [0.2, 0.25) is 5.02 Å². The number of rotatable bonds is 2. The van der Waals surface area contributed by atoms with Gasteiger partial charge in [-0.1, -0.05) is 28.9 Å². The van der Waals surface area contributed by atoms with Crippen LogP contribution in [0.15, 0.2) is 50.0 Å². The van der Waals surface area contributed by atoms with E-state index < -0.39 is 0 Å². The second-order valence-electron chi connectivity index (χ2n) is 3.89. The van der Waals surface area contributed by atoms with Gasteiger partial charge < -0.3 is 14.7 Å². The van der Waals surface area contributed by atoms with Crippen molar-refractivity contribution in [1.82, 2.24) is 5.16 Å². The Balaban J connectivity index is 2.19. The first-order valence-corrected chi connectivity index (χ1v) is 6.59. The van der Waals surface area contributed by atoms with Gasteiger partial charge in [-0.05, 0) is 45.8 Å². The van der Waals surface area contributed by atoms with Crippen LogP contribution >= 0.6 is 27.5 Å². The highest BCUT2D eigenvalue weighted by Gasteiger charge is 2.20. The summed E-state index contributed by atoms with van der Waals surface area (Å²) in [7, 11) is 0. The number of nitrogen functional groups attached to an aromatic ring is 1. The highest BCUT2D eigenvalue weighted by Crippen LogP contribution is 2.38. The molecule has 0 radical (unpaired) electrons. The average molecular weight is 340 g/mol. The lowest BCUT2D eigenvalue weighted by Gasteiger charge is -2.01. The van der Waals surface area contributed by atoms with Gasteiger partial charge in [0.2, 0.25) is 5.76 Å². The predicted octanol–water partition coefficient (Wildman–Crippen LogP) is 4.60. The van der Waals surface area contributed by atoms with E-state index in [1.54, 1.807) is 24.3 Å². The molecule has 0 aliphatic rings. The van der Waals surface area contributed by atoms with Crippen LogP contribution in [0.25, 0.3) is 22.6 Å². The van der Waals surface area contributed by atoms with Crippen molar-refractivity contribution in [3.8, 4) is 22.6 Å². The zero-order chi connectivity index (χ0) is 13.4. The molecule has 0 unspecified atom stereocenters. The number of aromatic nitrogens is 1. The zero-order valence-electron chi connectivity index (χ0n) is 9.56. The molecule has 0 atom stereocenters. The molecular formula is C13H8BrClN2O2. The Kier molecular flexibility index (Phi) is 3.08. The van der Waals surface area contributed by atoms with E-state index in [9.17, 15) is 0 Å². The fourth-order valence-corrected chi connectivity index (χ4v) is 2.33. The van der Waals surface area contributed by atoms with Crippen LogP contribution in [-0.4, -0.2) is 5.16 Å². The van der Waals surface area contributed by atoms with E-state index in [-0.39, 0.29) is 0 Å². The lowest BCUT2D eigenvalue weighted by molar-refractivity contribution is 0.419. The Morgan fingerprint density at radius 3 is 2.74 bits per heavy atom. The summed E-state index contributed by atoms with van der Waals surface area (Å²) in [6.45, 7) is 0. The van der Waals surface area contributed by atoms with Crippen LogP contribution in [0, 0.1) is 0 Å². The van der Waals surface area contributed by atoms with Crippen LogP contribution in [-0.2, 0) is 0 Å². The number of hydrogen-bond acceptors (Lipinski definition) is 4. The Morgan fingerprint density at radius 1 is 1.21 bits per heavy atom. The maximum absolute atomic E-state index is 5.99. The SMILES string of the molecule is Nc1noc(-c2ccc(Br)o2)c1-c1cccc(Cl)c1. The van der Waals surface area contributed by atoms with Crippen molar-refractivity contribution in [2.75, 3.05) is 5.73 Å². The molecule has 0 aliphatic heterocycles. The molecule has 2 aromatic heterocycles. The maximum atomic E-state index is 5.99. The minimum atomic E-state index is 0.296. The molecule has 1 aromatic carbocycles. The van der Waals surface area contributed by atoms with Crippen molar-refractivity contribution in [2.45, 2.75) is 0 Å². The number of nitrogens with two attached hydrogens (primary N) is 1. The number of furan rings is 1. The predicted molar refractivity (Wildman–Crippen MR) is 76.8 cm³/mol. The van der Waals surface area contributed by atoms with Gasteiger partial charge in [-0.3, -0.25) is 0 Å². The van der Waals surface area contributed by atoms with E-state index in [1.807, 2.05) is 12.1 Å². The monoisotopic (exact) mass is 338 g/mol. The summed E-state index contributed by atoms with van der Waals surface area (Å²) in [6, 6.07) is 10.9. The molecule has 6 heteroatoms. The lowest BCUT2D eigenvalue weighted by atomic mass is 10.0. The van der Waals surface area contributed by atoms with Gasteiger partial charge in [-0.15, -0.1) is 0 Å². The van der Waals surface area contributed by atoms with Crippen LogP contribution in [0.1, 0.15) is 0 Å². The molecule has 0 spiro atoms. The first-order chi connectivity index (χ1) is 9.15. The van der Waals surface area contributed by atoms with E-state index in [0.717, 1.165) is 5.56 Å². The molecule has 0 amide bonds. The fraction of sp³-hybridized carbons (Fsp3) is 0. The summed E-state index contributed by atoms with van der Waals surface area (Å²) >= 11 is 9.24. The van der Waals surface area contributed by atoms with Gasteiger partial charge in [-0.2, -0.15) is 0 Å². The second kappa shape index (κ2) is 4.75. The lowest BCUT2D eigenvalue weighted by Crippen LogP contribution is -1.88. The van der Waals surface area contributed by atoms with Crippen LogP contribution in [0.3, 0.4) is 0 Å². The smallest absolute Gasteiger partial charge is 0.212 e. The highest BCUT2D eigenvalue weighted by molar-refractivity contribution is 9.10. The number of halogens is 2. The first-order valence-electron chi connectivity index (χ1n) is 5.42. The van der Waals surface area contributed by atoms with Crippen molar-refractivity contribution in [3.05, 3.63) is 46.1 Å².